The van der Waals surface area contributed by atoms with E-state index < -0.39 is 0 Å². The van der Waals surface area contributed by atoms with Crippen LogP contribution in [-0.4, -0.2) is 18.1 Å². The maximum Gasteiger partial charge on any atom is 0.151 e. The second-order valence-electron chi connectivity index (χ2n) is 5.21. The van der Waals surface area contributed by atoms with Crippen molar-refractivity contribution in [3.8, 4) is 11.8 Å². The van der Waals surface area contributed by atoms with Crippen molar-refractivity contribution in [3.63, 3.8) is 0 Å². The number of pyridine rings is 1. The molecule has 0 atom stereocenters. The summed E-state index contributed by atoms with van der Waals surface area (Å²) in [5.41, 5.74) is 3.49. The highest BCUT2D eigenvalue weighted by molar-refractivity contribution is 5.72. The zero-order chi connectivity index (χ0) is 14.8. The van der Waals surface area contributed by atoms with E-state index in [4.69, 9.17) is 4.74 Å². The maximum atomic E-state index is 9.49. The van der Waals surface area contributed by atoms with Gasteiger partial charge in [-0.1, -0.05) is 12.1 Å². The number of rotatable bonds is 1. The number of hydrogen-bond donors (Lipinski definition) is 0. The van der Waals surface area contributed by atoms with Gasteiger partial charge in [0.05, 0.1) is 17.9 Å². The van der Waals surface area contributed by atoms with E-state index in [1.807, 2.05) is 44.2 Å². The fraction of sp³-hybridized carbons (Fsp3) is 0.294. The Bertz CT molecular complexity index is 718. The Hall–Kier alpha value is -2.54. The SMILES string of the molecule is Cc1cc(C)c(C#N)c(N2CCCOc3ccccc32)n1. The Morgan fingerprint density at radius 2 is 2.10 bits per heavy atom. The van der Waals surface area contributed by atoms with Gasteiger partial charge >= 0.3 is 0 Å². The van der Waals surface area contributed by atoms with Crippen LogP contribution in [0.25, 0.3) is 0 Å². The van der Waals surface area contributed by atoms with E-state index in [9.17, 15) is 5.26 Å². The van der Waals surface area contributed by atoms with Crippen molar-refractivity contribution in [2.45, 2.75) is 20.3 Å². The largest absolute Gasteiger partial charge is 0.491 e. The first kappa shape index (κ1) is 13.4. The monoisotopic (exact) mass is 279 g/mol. The van der Waals surface area contributed by atoms with E-state index in [-0.39, 0.29) is 0 Å². The summed E-state index contributed by atoms with van der Waals surface area (Å²) in [5.74, 6) is 1.58. The molecule has 0 amide bonds. The molecule has 4 nitrogen and oxygen atoms in total. The summed E-state index contributed by atoms with van der Waals surface area (Å²) >= 11 is 0. The maximum absolute atomic E-state index is 9.49. The standard InChI is InChI=1S/C17H17N3O/c1-12-10-13(2)19-17(14(12)11-18)20-8-5-9-21-16-7-4-3-6-15(16)20/h3-4,6-7,10H,5,8-9H2,1-2H3. The molecule has 0 radical (unpaired) electrons. The van der Waals surface area contributed by atoms with Gasteiger partial charge in [0.15, 0.2) is 5.82 Å². The molecule has 1 aromatic heterocycles. The lowest BCUT2D eigenvalue weighted by molar-refractivity contribution is 0.322. The zero-order valence-electron chi connectivity index (χ0n) is 12.3. The summed E-state index contributed by atoms with van der Waals surface area (Å²) in [5, 5.41) is 9.49. The van der Waals surface area contributed by atoms with Crippen molar-refractivity contribution in [2.75, 3.05) is 18.1 Å². The summed E-state index contributed by atoms with van der Waals surface area (Å²) < 4.78 is 5.78. The molecular formula is C17H17N3O. The van der Waals surface area contributed by atoms with Crippen molar-refractivity contribution in [1.82, 2.24) is 4.98 Å². The molecule has 1 aromatic carbocycles. The number of nitrogens with zero attached hydrogens (tertiary/aromatic N) is 3. The van der Waals surface area contributed by atoms with Gasteiger partial charge < -0.3 is 9.64 Å². The molecule has 0 bridgehead atoms. The Labute approximate surface area is 124 Å². The van der Waals surface area contributed by atoms with Gasteiger partial charge in [-0.25, -0.2) is 4.98 Å². The third kappa shape index (κ3) is 2.43. The van der Waals surface area contributed by atoms with Crippen molar-refractivity contribution >= 4 is 11.5 Å². The highest BCUT2D eigenvalue weighted by atomic mass is 16.5. The predicted molar refractivity (Wildman–Crippen MR) is 82.0 cm³/mol. The van der Waals surface area contributed by atoms with Crippen molar-refractivity contribution < 1.29 is 4.74 Å². The average molecular weight is 279 g/mol. The molecule has 4 heteroatoms. The summed E-state index contributed by atoms with van der Waals surface area (Å²) in [6.45, 7) is 5.39. The summed E-state index contributed by atoms with van der Waals surface area (Å²) in [4.78, 5) is 6.71. The molecule has 2 heterocycles. The van der Waals surface area contributed by atoms with Crippen LogP contribution in [-0.2, 0) is 0 Å². The summed E-state index contributed by atoms with van der Waals surface area (Å²) in [6.07, 6.45) is 0.897. The quantitative estimate of drug-likeness (QED) is 0.801. The molecule has 0 saturated carbocycles. The first-order valence-electron chi connectivity index (χ1n) is 7.08. The van der Waals surface area contributed by atoms with Gasteiger partial charge in [-0.3, -0.25) is 0 Å². The van der Waals surface area contributed by atoms with E-state index in [1.165, 1.54) is 0 Å². The molecule has 0 unspecified atom stereocenters. The molecule has 0 fully saturated rings. The van der Waals surface area contributed by atoms with Crippen LogP contribution >= 0.6 is 0 Å². The molecule has 0 spiro atoms. The Morgan fingerprint density at radius 3 is 2.90 bits per heavy atom. The van der Waals surface area contributed by atoms with Crippen LogP contribution < -0.4 is 9.64 Å². The lowest BCUT2D eigenvalue weighted by Gasteiger charge is -2.24. The van der Waals surface area contributed by atoms with Gasteiger partial charge in [0.2, 0.25) is 0 Å². The molecule has 0 saturated heterocycles. The van der Waals surface area contributed by atoms with Crippen molar-refractivity contribution in [3.05, 3.63) is 47.2 Å². The second kappa shape index (κ2) is 5.45. The number of nitriles is 1. The van der Waals surface area contributed by atoms with E-state index in [0.29, 0.717) is 12.2 Å². The first-order valence-corrected chi connectivity index (χ1v) is 7.08. The highest BCUT2D eigenvalue weighted by Gasteiger charge is 2.22. The number of hydrogen-bond acceptors (Lipinski definition) is 4. The number of ether oxygens (including phenoxy) is 1. The third-order valence-electron chi connectivity index (χ3n) is 3.63. The Kier molecular flexibility index (Phi) is 3.49. The minimum atomic E-state index is 0.636. The lowest BCUT2D eigenvalue weighted by Crippen LogP contribution is -2.21. The molecule has 3 rings (SSSR count). The van der Waals surface area contributed by atoms with Crippen molar-refractivity contribution in [1.29, 1.82) is 5.26 Å². The number of anilines is 2. The first-order chi connectivity index (χ1) is 10.2. The van der Waals surface area contributed by atoms with Crippen LogP contribution in [0.1, 0.15) is 23.2 Å². The highest BCUT2D eigenvalue weighted by Crippen LogP contribution is 2.36. The van der Waals surface area contributed by atoms with Crippen molar-refractivity contribution in [2.24, 2.45) is 0 Å². The minimum Gasteiger partial charge on any atom is -0.491 e. The van der Waals surface area contributed by atoms with Crippen LogP contribution in [0, 0.1) is 25.2 Å². The molecular weight excluding hydrogens is 262 g/mol. The van der Waals surface area contributed by atoms with Crippen LogP contribution in [0.15, 0.2) is 30.3 Å². The molecule has 0 N–H and O–H groups in total. The topological polar surface area (TPSA) is 49.2 Å². The van der Waals surface area contributed by atoms with Crippen LogP contribution in [0.2, 0.25) is 0 Å². The number of para-hydroxylation sites is 2. The fourth-order valence-corrected chi connectivity index (χ4v) is 2.70. The number of benzene rings is 1. The molecule has 0 aliphatic carbocycles. The van der Waals surface area contributed by atoms with E-state index in [2.05, 4.69) is 16.0 Å². The Balaban J connectivity index is 2.19. The zero-order valence-corrected chi connectivity index (χ0v) is 12.3. The van der Waals surface area contributed by atoms with Gasteiger partial charge in [0, 0.05) is 12.2 Å². The van der Waals surface area contributed by atoms with E-state index in [0.717, 1.165) is 41.5 Å². The van der Waals surface area contributed by atoms with E-state index in [1.54, 1.807) is 0 Å². The van der Waals surface area contributed by atoms with Gasteiger partial charge in [0.25, 0.3) is 0 Å². The fourth-order valence-electron chi connectivity index (χ4n) is 2.70. The molecule has 21 heavy (non-hydrogen) atoms. The number of fused-ring (bicyclic) bond motifs is 1. The Morgan fingerprint density at radius 1 is 1.29 bits per heavy atom. The number of aromatic nitrogens is 1. The lowest BCUT2D eigenvalue weighted by atomic mass is 10.1. The van der Waals surface area contributed by atoms with Gasteiger partial charge in [-0.15, -0.1) is 0 Å². The van der Waals surface area contributed by atoms with Crippen LogP contribution in [0.4, 0.5) is 11.5 Å². The summed E-state index contributed by atoms with van der Waals surface area (Å²) in [6, 6.07) is 12.2. The molecule has 106 valence electrons. The van der Waals surface area contributed by atoms with Crippen LogP contribution in [0.5, 0.6) is 5.75 Å². The van der Waals surface area contributed by atoms with Crippen LogP contribution in [0.3, 0.4) is 0 Å². The van der Waals surface area contributed by atoms with Gasteiger partial charge in [0.1, 0.15) is 11.8 Å². The second-order valence-corrected chi connectivity index (χ2v) is 5.21. The molecule has 1 aliphatic heterocycles. The average Bonchev–Trinajstić information content (AvgIpc) is 2.68. The minimum absolute atomic E-state index is 0.636. The van der Waals surface area contributed by atoms with Gasteiger partial charge in [-0.2, -0.15) is 5.26 Å². The van der Waals surface area contributed by atoms with E-state index >= 15 is 0 Å². The smallest absolute Gasteiger partial charge is 0.151 e. The number of aryl methyl sites for hydroxylation is 2. The van der Waals surface area contributed by atoms with Gasteiger partial charge in [-0.05, 0) is 44.0 Å². The molecule has 2 aromatic rings. The predicted octanol–water partition coefficient (Wildman–Crippen LogP) is 3.49. The molecule has 1 aliphatic rings. The third-order valence-corrected chi connectivity index (χ3v) is 3.63. The normalized spacial score (nSPS) is 13.9. The summed E-state index contributed by atoms with van der Waals surface area (Å²) in [7, 11) is 0.